The first-order valence-electron chi connectivity index (χ1n) is 10.8. The van der Waals surface area contributed by atoms with Crippen LogP contribution in [0.25, 0.3) is 0 Å². The lowest BCUT2D eigenvalue weighted by Crippen LogP contribution is -2.07. The van der Waals surface area contributed by atoms with E-state index in [1.807, 2.05) is 12.1 Å². The first kappa shape index (κ1) is 23.8. The van der Waals surface area contributed by atoms with Crippen molar-refractivity contribution in [1.82, 2.24) is 0 Å². The van der Waals surface area contributed by atoms with Crippen molar-refractivity contribution in [2.45, 2.75) is 96.8 Å². The Morgan fingerprint density at radius 3 is 2.04 bits per heavy atom. The molecule has 0 unspecified atom stereocenters. The summed E-state index contributed by atoms with van der Waals surface area (Å²) in [7, 11) is 0. The number of rotatable bonds is 16. The number of allylic oxidation sites excluding steroid dienone is 2. The zero-order chi connectivity index (χ0) is 19.6. The van der Waals surface area contributed by atoms with Gasteiger partial charge in [-0.25, -0.2) is 0 Å². The van der Waals surface area contributed by atoms with Crippen LogP contribution in [0.2, 0.25) is 5.02 Å². The van der Waals surface area contributed by atoms with Crippen molar-refractivity contribution < 1.29 is 9.53 Å². The van der Waals surface area contributed by atoms with E-state index in [-0.39, 0.29) is 5.97 Å². The molecule has 1 aromatic rings. The van der Waals surface area contributed by atoms with Gasteiger partial charge in [-0.2, -0.15) is 0 Å². The quantitative estimate of drug-likeness (QED) is 0.122. The Labute approximate surface area is 171 Å². The second-order valence-corrected chi connectivity index (χ2v) is 7.65. The minimum Gasteiger partial charge on any atom is -0.425 e. The fourth-order valence-electron chi connectivity index (χ4n) is 3.04. The number of carbonyl (C=O) groups excluding carboxylic acids is 1. The van der Waals surface area contributed by atoms with E-state index in [0.717, 1.165) is 12.8 Å². The van der Waals surface area contributed by atoms with Crippen LogP contribution in [0.3, 0.4) is 0 Å². The molecule has 0 spiro atoms. The van der Waals surface area contributed by atoms with Gasteiger partial charge in [0.1, 0.15) is 5.75 Å². The van der Waals surface area contributed by atoms with E-state index in [4.69, 9.17) is 16.3 Å². The van der Waals surface area contributed by atoms with Gasteiger partial charge in [-0.3, -0.25) is 4.79 Å². The van der Waals surface area contributed by atoms with Crippen LogP contribution in [-0.4, -0.2) is 5.97 Å². The first-order valence-corrected chi connectivity index (χ1v) is 11.2. The molecule has 0 radical (unpaired) electrons. The molecule has 1 aromatic carbocycles. The standard InChI is InChI=1S/C24H37ClO2/c1-2-3-4-5-6-7-8-9-10-11-12-13-14-15-16-21-24(26)27-23-20-18-17-19-22(23)25/h9-10,17-20H,2-8,11-16,21H2,1H3. The molecule has 0 amide bonds. The predicted octanol–water partition coefficient (Wildman–Crippen LogP) is 8.28. The molecule has 2 nitrogen and oxygen atoms in total. The summed E-state index contributed by atoms with van der Waals surface area (Å²) in [4.78, 5) is 11.8. The normalized spacial score (nSPS) is 11.2. The van der Waals surface area contributed by atoms with Crippen LogP contribution in [0.1, 0.15) is 96.8 Å². The van der Waals surface area contributed by atoms with Crippen molar-refractivity contribution in [3.8, 4) is 5.75 Å². The molecular weight excluding hydrogens is 356 g/mol. The van der Waals surface area contributed by atoms with Gasteiger partial charge < -0.3 is 4.74 Å². The average molecular weight is 393 g/mol. The van der Waals surface area contributed by atoms with E-state index in [1.54, 1.807) is 12.1 Å². The van der Waals surface area contributed by atoms with Crippen LogP contribution in [-0.2, 0) is 4.79 Å². The van der Waals surface area contributed by atoms with Gasteiger partial charge in [0.25, 0.3) is 0 Å². The lowest BCUT2D eigenvalue weighted by Gasteiger charge is -2.05. The van der Waals surface area contributed by atoms with Crippen molar-refractivity contribution >= 4 is 17.6 Å². The van der Waals surface area contributed by atoms with Crippen LogP contribution in [0.5, 0.6) is 5.75 Å². The topological polar surface area (TPSA) is 26.3 Å². The highest BCUT2D eigenvalue weighted by molar-refractivity contribution is 6.32. The van der Waals surface area contributed by atoms with E-state index in [0.29, 0.717) is 17.2 Å². The number of para-hydroxylation sites is 1. The van der Waals surface area contributed by atoms with Crippen LogP contribution in [0.15, 0.2) is 36.4 Å². The summed E-state index contributed by atoms with van der Waals surface area (Å²) < 4.78 is 5.28. The summed E-state index contributed by atoms with van der Waals surface area (Å²) in [6, 6.07) is 7.09. The Bertz CT molecular complexity index is 525. The third-order valence-electron chi connectivity index (χ3n) is 4.70. The van der Waals surface area contributed by atoms with E-state index < -0.39 is 0 Å². The van der Waals surface area contributed by atoms with Gasteiger partial charge in [0.05, 0.1) is 5.02 Å². The van der Waals surface area contributed by atoms with Crippen molar-refractivity contribution in [3.05, 3.63) is 41.4 Å². The molecule has 0 N–H and O–H groups in total. The average Bonchev–Trinajstić information content (AvgIpc) is 2.66. The lowest BCUT2D eigenvalue weighted by molar-refractivity contribution is -0.134. The second-order valence-electron chi connectivity index (χ2n) is 7.24. The molecule has 0 heterocycles. The van der Waals surface area contributed by atoms with Gasteiger partial charge in [0, 0.05) is 6.42 Å². The number of ether oxygens (including phenoxy) is 1. The fraction of sp³-hybridized carbons (Fsp3) is 0.625. The summed E-state index contributed by atoms with van der Waals surface area (Å²) >= 11 is 5.98. The number of hydrogen-bond acceptors (Lipinski definition) is 2. The zero-order valence-corrected chi connectivity index (χ0v) is 17.8. The number of carbonyl (C=O) groups is 1. The number of hydrogen-bond donors (Lipinski definition) is 0. The van der Waals surface area contributed by atoms with Crippen molar-refractivity contribution in [2.24, 2.45) is 0 Å². The number of esters is 1. The molecule has 152 valence electrons. The maximum Gasteiger partial charge on any atom is 0.311 e. The van der Waals surface area contributed by atoms with Gasteiger partial charge in [0.15, 0.2) is 0 Å². The third kappa shape index (κ3) is 13.5. The summed E-state index contributed by atoms with van der Waals surface area (Å²) in [5, 5.41) is 0.482. The summed E-state index contributed by atoms with van der Waals surface area (Å²) in [5.74, 6) is 0.262. The van der Waals surface area contributed by atoms with Crippen LogP contribution >= 0.6 is 11.6 Å². The van der Waals surface area contributed by atoms with E-state index >= 15 is 0 Å². The predicted molar refractivity (Wildman–Crippen MR) is 117 cm³/mol. The molecule has 1 rings (SSSR count). The minimum atomic E-state index is -0.194. The Kier molecular flexibility index (Phi) is 14.8. The number of halogens is 1. The molecule has 0 atom stereocenters. The fourth-order valence-corrected chi connectivity index (χ4v) is 3.22. The summed E-state index contributed by atoms with van der Waals surface area (Å²) in [6.45, 7) is 2.26. The first-order chi connectivity index (χ1) is 13.2. The maximum absolute atomic E-state index is 11.8. The van der Waals surface area contributed by atoms with Gasteiger partial charge in [0.2, 0.25) is 0 Å². The number of benzene rings is 1. The second kappa shape index (κ2) is 16.9. The smallest absolute Gasteiger partial charge is 0.311 e. The monoisotopic (exact) mass is 392 g/mol. The van der Waals surface area contributed by atoms with Crippen molar-refractivity contribution in [3.63, 3.8) is 0 Å². The Morgan fingerprint density at radius 1 is 0.852 bits per heavy atom. The molecule has 3 heteroatoms. The summed E-state index contributed by atoms with van der Waals surface area (Å²) in [6.07, 6.45) is 21.4. The zero-order valence-electron chi connectivity index (χ0n) is 17.1. The molecule has 0 bridgehead atoms. The molecule has 0 aromatic heterocycles. The van der Waals surface area contributed by atoms with E-state index in [9.17, 15) is 4.79 Å². The van der Waals surface area contributed by atoms with Crippen LogP contribution in [0, 0.1) is 0 Å². The van der Waals surface area contributed by atoms with Crippen LogP contribution < -0.4 is 4.74 Å². The summed E-state index contributed by atoms with van der Waals surface area (Å²) in [5.41, 5.74) is 0. The Hall–Kier alpha value is -1.28. The maximum atomic E-state index is 11.8. The number of unbranched alkanes of at least 4 members (excludes halogenated alkanes) is 11. The molecule has 0 aliphatic carbocycles. The highest BCUT2D eigenvalue weighted by atomic mass is 35.5. The highest BCUT2D eigenvalue weighted by Gasteiger charge is 2.07. The van der Waals surface area contributed by atoms with Crippen molar-refractivity contribution in [2.75, 3.05) is 0 Å². The third-order valence-corrected chi connectivity index (χ3v) is 5.02. The van der Waals surface area contributed by atoms with Gasteiger partial charge in [-0.05, 0) is 44.2 Å². The largest absolute Gasteiger partial charge is 0.425 e. The lowest BCUT2D eigenvalue weighted by atomic mass is 10.1. The van der Waals surface area contributed by atoms with E-state index in [1.165, 1.54) is 70.6 Å². The Balaban J connectivity index is 1.88. The molecule has 0 saturated carbocycles. The van der Waals surface area contributed by atoms with Crippen LogP contribution in [0.4, 0.5) is 0 Å². The Morgan fingerprint density at radius 2 is 1.41 bits per heavy atom. The minimum absolute atomic E-state index is 0.194. The molecule has 0 aliphatic rings. The van der Waals surface area contributed by atoms with E-state index in [2.05, 4.69) is 19.1 Å². The van der Waals surface area contributed by atoms with Gasteiger partial charge >= 0.3 is 5.97 Å². The highest BCUT2D eigenvalue weighted by Crippen LogP contribution is 2.23. The molecule has 0 fully saturated rings. The van der Waals surface area contributed by atoms with Gasteiger partial charge in [-0.15, -0.1) is 0 Å². The molecule has 27 heavy (non-hydrogen) atoms. The molecule has 0 aliphatic heterocycles. The SMILES string of the molecule is CCCCCCCCC=CCCCCCCCC(=O)Oc1ccccc1Cl. The van der Waals surface area contributed by atoms with Gasteiger partial charge in [-0.1, -0.05) is 94.2 Å². The molecular formula is C24H37ClO2. The molecule has 0 saturated heterocycles. The van der Waals surface area contributed by atoms with Crippen molar-refractivity contribution in [1.29, 1.82) is 0 Å².